The first-order valence-corrected chi connectivity index (χ1v) is 12.2. The Morgan fingerprint density at radius 3 is 2.24 bits per heavy atom. The fraction of sp³-hybridized carbons (Fsp3) is 0.464. The second-order valence-electron chi connectivity index (χ2n) is 9.45. The number of carbonyl (C=O) groups is 2. The second-order valence-corrected chi connectivity index (χ2v) is 9.45. The number of rotatable bonds is 13. The van der Waals surface area contributed by atoms with Crippen LogP contribution in [0.25, 0.3) is 0 Å². The van der Waals surface area contributed by atoms with Crippen molar-refractivity contribution in [2.24, 2.45) is 16.8 Å². The molecule has 0 fully saturated rings. The summed E-state index contributed by atoms with van der Waals surface area (Å²) in [5.41, 5.74) is 4.14. The minimum Gasteiger partial charge on any atom is -0.386 e. The van der Waals surface area contributed by atoms with E-state index >= 15 is 0 Å². The number of amides is 1. The average molecular weight is 465 g/mol. The normalized spacial score (nSPS) is 13.9. The van der Waals surface area contributed by atoms with Gasteiger partial charge in [0.1, 0.15) is 6.29 Å². The molecule has 0 unspecified atom stereocenters. The van der Waals surface area contributed by atoms with E-state index in [0.717, 1.165) is 54.7 Å². The molecule has 6 heteroatoms. The van der Waals surface area contributed by atoms with E-state index in [1.165, 1.54) is 0 Å². The van der Waals surface area contributed by atoms with Gasteiger partial charge in [-0.15, -0.1) is 0 Å². The third-order valence-electron chi connectivity index (χ3n) is 5.71. The Bertz CT molecular complexity index is 912. The minimum atomic E-state index is 0.0936. The molecule has 0 saturated heterocycles. The van der Waals surface area contributed by atoms with Crippen molar-refractivity contribution >= 4 is 18.5 Å². The van der Waals surface area contributed by atoms with Crippen LogP contribution < -0.4 is 10.6 Å². The zero-order valence-electron chi connectivity index (χ0n) is 21.3. The molecule has 0 spiro atoms. The van der Waals surface area contributed by atoms with E-state index in [2.05, 4.69) is 49.4 Å². The summed E-state index contributed by atoms with van der Waals surface area (Å²) < 4.78 is 0. The van der Waals surface area contributed by atoms with Gasteiger partial charge < -0.3 is 15.5 Å². The van der Waals surface area contributed by atoms with Gasteiger partial charge in [0, 0.05) is 31.3 Å². The van der Waals surface area contributed by atoms with E-state index < -0.39 is 0 Å². The van der Waals surface area contributed by atoms with Crippen molar-refractivity contribution < 1.29 is 9.59 Å². The van der Waals surface area contributed by atoms with Crippen molar-refractivity contribution in [3.63, 3.8) is 0 Å². The summed E-state index contributed by atoms with van der Waals surface area (Å²) in [6, 6.07) is 7.38. The highest BCUT2D eigenvalue weighted by atomic mass is 16.2. The van der Waals surface area contributed by atoms with Crippen LogP contribution in [-0.4, -0.2) is 43.6 Å². The Labute approximate surface area is 204 Å². The molecular weight excluding hydrogens is 424 g/mol. The molecule has 184 valence electrons. The first-order valence-electron chi connectivity index (χ1n) is 12.2. The summed E-state index contributed by atoms with van der Waals surface area (Å²) in [6.45, 7) is 10.8. The minimum absolute atomic E-state index is 0.0936. The fourth-order valence-electron chi connectivity index (χ4n) is 3.49. The van der Waals surface area contributed by atoms with Crippen LogP contribution in [0, 0.1) is 11.8 Å². The van der Waals surface area contributed by atoms with Gasteiger partial charge in [-0.1, -0.05) is 64.1 Å². The lowest BCUT2D eigenvalue weighted by Gasteiger charge is -2.25. The Morgan fingerprint density at radius 1 is 1.03 bits per heavy atom. The zero-order valence-corrected chi connectivity index (χ0v) is 21.3. The Kier molecular flexibility index (Phi) is 11.3. The molecule has 1 aromatic carbocycles. The average Bonchev–Trinajstić information content (AvgIpc) is 3.03. The van der Waals surface area contributed by atoms with Crippen LogP contribution in [0.4, 0.5) is 0 Å². The number of aldehydes is 1. The maximum Gasteiger partial charge on any atom is 0.253 e. The number of benzene rings is 1. The van der Waals surface area contributed by atoms with E-state index in [1.807, 2.05) is 36.2 Å². The van der Waals surface area contributed by atoms with Gasteiger partial charge in [-0.2, -0.15) is 0 Å². The number of hydrogen-bond donors (Lipinski definition) is 2. The summed E-state index contributed by atoms with van der Waals surface area (Å²) in [5, 5.41) is 6.46. The van der Waals surface area contributed by atoms with Crippen LogP contribution in [-0.2, 0) is 11.3 Å². The predicted molar refractivity (Wildman–Crippen MR) is 141 cm³/mol. The van der Waals surface area contributed by atoms with E-state index in [1.54, 1.807) is 18.5 Å². The lowest BCUT2D eigenvalue weighted by molar-refractivity contribution is -0.127. The smallest absolute Gasteiger partial charge is 0.253 e. The monoisotopic (exact) mass is 464 g/mol. The molecule has 1 aliphatic carbocycles. The first-order chi connectivity index (χ1) is 16.3. The number of hydrogen-bond acceptors (Lipinski definition) is 4. The predicted octanol–water partition coefficient (Wildman–Crippen LogP) is 4.86. The van der Waals surface area contributed by atoms with Crippen molar-refractivity contribution in [3.05, 3.63) is 70.6 Å². The number of carbonyl (C=O) groups excluding carboxylic acids is 2. The molecule has 1 aliphatic rings. The molecule has 1 amide bonds. The van der Waals surface area contributed by atoms with Gasteiger partial charge in [0.2, 0.25) is 0 Å². The Morgan fingerprint density at radius 2 is 1.68 bits per heavy atom. The van der Waals surface area contributed by atoms with Gasteiger partial charge in [-0.05, 0) is 42.7 Å². The van der Waals surface area contributed by atoms with Crippen LogP contribution in [0.2, 0.25) is 0 Å². The molecule has 6 nitrogen and oxygen atoms in total. The Hall–Kier alpha value is -3.15. The van der Waals surface area contributed by atoms with E-state index in [0.29, 0.717) is 30.4 Å². The van der Waals surface area contributed by atoms with Crippen LogP contribution in [0.5, 0.6) is 0 Å². The standard InChI is InChI=1S/C28H40N4O2/c1-21(2)13-15-32(16-14-22(3)4)28(34)25-7-6-8-26(27(17-25)29-5)31-20-30-18-23-9-11-24(19-33)12-10-23/h7-12,17,19-22,29H,6,13-16,18H2,1-5H3,(H,30,31). The summed E-state index contributed by atoms with van der Waals surface area (Å²) in [6.07, 6.45) is 11.1. The lowest BCUT2D eigenvalue weighted by Crippen LogP contribution is -2.35. The summed E-state index contributed by atoms with van der Waals surface area (Å²) in [7, 11) is 1.86. The highest BCUT2D eigenvalue weighted by molar-refractivity contribution is 5.96. The Balaban J connectivity index is 2.04. The van der Waals surface area contributed by atoms with Crippen LogP contribution in [0.3, 0.4) is 0 Å². The summed E-state index contributed by atoms with van der Waals surface area (Å²) >= 11 is 0. The maximum atomic E-state index is 13.4. The van der Waals surface area contributed by atoms with Gasteiger partial charge in [0.05, 0.1) is 24.3 Å². The van der Waals surface area contributed by atoms with Crippen LogP contribution >= 0.6 is 0 Å². The molecule has 0 radical (unpaired) electrons. The molecule has 2 rings (SSSR count). The molecule has 0 aromatic heterocycles. The number of allylic oxidation sites excluding steroid dienone is 2. The largest absolute Gasteiger partial charge is 0.386 e. The quantitative estimate of drug-likeness (QED) is 0.248. The summed E-state index contributed by atoms with van der Waals surface area (Å²) in [4.78, 5) is 30.6. The highest BCUT2D eigenvalue weighted by Gasteiger charge is 2.19. The third-order valence-corrected chi connectivity index (χ3v) is 5.71. The molecular formula is C28H40N4O2. The first kappa shape index (κ1) is 27.1. The van der Waals surface area contributed by atoms with Crippen LogP contribution in [0.1, 0.15) is 62.9 Å². The molecule has 0 aliphatic heterocycles. The lowest BCUT2D eigenvalue weighted by atomic mass is 10.1. The van der Waals surface area contributed by atoms with Gasteiger partial charge in [-0.3, -0.25) is 14.6 Å². The molecule has 0 bridgehead atoms. The van der Waals surface area contributed by atoms with Gasteiger partial charge >= 0.3 is 0 Å². The van der Waals surface area contributed by atoms with Crippen molar-refractivity contribution in [1.29, 1.82) is 0 Å². The van der Waals surface area contributed by atoms with Crippen molar-refractivity contribution in [1.82, 2.24) is 15.5 Å². The van der Waals surface area contributed by atoms with Crippen molar-refractivity contribution in [3.8, 4) is 0 Å². The molecule has 0 heterocycles. The zero-order chi connectivity index (χ0) is 24.9. The SMILES string of the molecule is CNC1=CC(C(=O)N(CCC(C)C)CCC(C)C)=CCC=C1NC=NCc1ccc(C=O)cc1. The highest BCUT2D eigenvalue weighted by Crippen LogP contribution is 2.18. The number of nitrogens with one attached hydrogen (secondary N) is 2. The summed E-state index contributed by atoms with van der Waals surface area (Å²) in [5.74, 6) is 1.21. The fourth-order valence-corrected chi connectivity index (χ4v) is 3.49. The number of aliphatic imine (C=N–C) groups is 1. The van der Waals surface area contributed by atoms with Crippen molar-refractivity contribution in [2.45, 2.75) is 53.5 Å². The van der Waals surface area contributed by atoms with Gasteiger partial charge in [0.15, 0.2) is 0 Å². The van der Waals surface area contributed by atoms with E-state index in [4.69, 9.17) is 0 Å². The van der Waals surface area contributed by atoms with Gasteiger partial charge in [-0.25, -0.2) is 0 Å². The topological polar surface area (TPSA) is 73.8 Å². The molecule has 34 heavy (non-hydrogen) atoms. The molecule has 0 saturated carbocycles. The second kappa shape index (κ2) is 14.2. The number of nitrogens with zero attached hydrogens (tertiary/aromatic N) is 2. The van der Waals surface area contributed by atoms with E-state index in [-0.39, 0.29) is 5.91 Å². The third kappa shape index (κ3) is 9.00. The maximum absolute atomic E-state index is 13.4. The van der Waals surface area contributed by atoms with Gasteiger partial charge in [0.25, 0.3) is 5.91 Å². The molecule has 0 atom stereocenters. The number of likely N-dealkylation sites (N-methyl/N-ethyl adjacent to an activating group) is 1. The molecule has 2 N–H and O–H groups in total. The molecule has 1 aromatic rings. The van der Waals surface area contributed by atoms with Crippen LogP contribution in [0.15, 0.2) is 64.5 Å². The van der Waals surface area contributed by atoms with E-state index in [9.17, 15) is 9.59 Å². The van der Waals surface area contributed by atoms with Crippen molar-refractivity contribution in [2.75, 3.05) is 20.1 Å².